The van der Waals surface area contributed by atoms with E-state index in [0.717, 1.165) is 25.7 Å². The van der Waals surface area contributed by atoms with Crippen LogP contribution in [0.15, 0.2) is 12.1 Å². The van der Waals surface area contributed by atoms with Crippen molar-refractivity contribution in [3.05, 3.63) is 23.5 Å². The number of alkyl halides is 3. The Morgan fingerprint density at radius 3 is 2.53 bits per heavy atom. The molecule has 2 saturated carbocycles. The fourth-order valence-corrected chi connectivity index (χ4v) is 4.78. The zero-order valence-corrected chi connectivity index (χ0v) is 21.2. The third-order valence-corrected chi connectivity index (χ3v) is 6.68. The first-order valence-electron chi connectivity index (χ1n) is 12.7. The number of amides is 1. The van der Waals surface area contributed by atoms with Crippen molar-refractivity contribution in [2.45, 2.75) is 102 Å². The second kappa shape index (κ2) is 12.5. The summed E-state index contributed by atoms with van der Waals surface area (Å²) in [6, 6.07) is 2.89. The Kier molecular flexibility index (Phi) is 9.63. The van der Waals surface area contributed by atoms with Gasteiger partial charge in [0.15, 0.2) is 11.4 Å². The third kappa shape index (κ3) is 7.87. The van der Waals surface area contributed by atoms with Gasteiger partial charge in [-0.05, 0) is 70.4 Å². The van der Waals surface area contributed by atoms with Crippen molar-refractivity contribution < 1.29 is 32.2 Å². The average Bonchev–Trinajstić information content (AvgIpc) is 3.36. The van der Waals surface area contributed by atoms with Crippen LogP contribution in [0.25, 0.3) is 0 Å². The Labute approximate surface area is 210 Å². The van der Waals surface area contributed by atoms with Gasteiger partial charge in [0.1, 0.15) is 5.69 Å². The Morgan fingerprint density at radius 1 is 1.14 bits per heavy atom. The minimum absolute atomic E-state index is 0.00745. The van der Waals surface area contributed by atoms with Crippen molar-refractivity contribution in [3.63, 3.8) is 0 Å². The summed E-state index contributed by atoms with van der Waals surface area (Å²) >= 11 is 0. The Morgan fingerprint density at radius 2 is 1.86 bits per heavy atom. The van der Waals surface area contributed by atoms with Gasteiger partial charge in [0.2, 0.25) is 5.91 Å². The maximum Gasteiger partial charge on any atom is 0.437 e. The Hall–Kier alpha value is -2.76. The predicted molar refractivity (Wildman–Crippen MR) is 128 cm³/mol. The molecule has 1 heterocycles. The summed E-state index contributed by atoms with van der Waals surface area (Å²) in [7, 11) is 1.80. The van der Waals surface area contributed by atoms with Crippen LogP contribution in [-0.2, 0) is 20.5 Å². The summed E-state index contributed by atoms with van der Waals surface area (Å²) < 4.78 is 52.2. The molecule has 6 nitrogen and oxygen atoms in total. The lowest BCUT2D eigenvalue weighted by Gasteiger charge is -2.29. The summed E-state index contributed by atoms with van der Waals surface area (Å²) in [6.07, 6.45) is 1.36. The van der Waals surface area contributed by atoms with Crippen LogP contribution in [0.4, 0.5) is 13.2 Å². The lowest BCUT2D eigenvalue weighted by molar-refractivity contribution is -0.155. The number of carbonyl (C=O) groups excluding carboxylic acids is 2. The minimum Gasteiger partial charge on any atom is -0.488 e. The van der Waals surface area contributed by atoms with Crippen LogP contribution in [0.5, 0.6) is 5.75 Å². The van der Waals surface area contributed by atoms with Crippen LogP contribution in [0.1, 0.15) is 89.4 Å². The number of aromatic nitrogens is 1. The Balaban J connectivity index is 1.62. The molecule has 9 heteroatoms. The predicted octanol–water partition coefficient (Wildman–Crippen LogP) is 5.52. The number of hydrogen-bond donors (Lipinski definition) is 0. The van der Waals surface area contributed by atoms with Gasteiger partial charge < -0.3 is 14.4 Å². The Bertz CT molecular complexity index is 977. The smallest absolute Gasteiger partial charge is 0.437 e. The van der Waals surface area contributed by atoms with Gasteiger partial charge in [-0.25, -0.2) is 4.98 Å². The normalized spacial score (nSPS) is 20.5. The van der Waals surface area contributed by atoms with E-state index in [0.29, 0.717) is 25.7 Å². The molecule has 2 atom stereocenters. The minimum atomic E-state index is -4.72. The van der Waals surface area contributed by atoms with Crippen molar-refractivity contribution in [2.24, 2.45) is 5.92 Å². The molecule has 0 spiro atoms. The van der Waals surface area contributed by atoms with Gasteiger partial charge >= 0.3 is 12.1 Å². The van der Waals surface area contributed by atoms with E-state index in [1.165, 1.54) is 12.1 Å². The summed E-state index contributed by atoms with van der Waals surface area (Å²) in [5.41, 5.74) is -1.17. The molecule has 198 valence electrons. The quantitative estimate of drug-likeness (QED) is 0.358. The second-order valence-electron chi connectivity index (χ2n) is 9.87. The number of nitrogens with zero attached hydrogens (tertiary/aromatic N) is 2. The fourth-order valence-electron chi connectivity index (χ4n) is 4.78. The van der Waals surface area contributed by atoms with Gasteiger partial charge in [-0.3, -0.25) is 9.59 Å². The first-order valence-corrected chi connectivity index (χ1v) is 12.7. The van der Waals surface area contributed by atoms with Crippen molar-refractivity contribution in [2.75, 3.05) is 7.05 Å². The van der Waals surface area contributed by atoms with Gasteiger partial charge in [-0.15, -0.1) is 0 Å². The highest BCUT2D eigenvalue weighted by Crippen LogP contribution is 2.37. The molecule has 0 aliphatic heterocycles. The number of halogens is 3. The van der Waals surface area contributed by atoms with E-state index in [2.05, 4.69) is 16.8 Å². The highest BCUT2D eigenvalue weighted by atomic mass is 19.4. The van der Waals surface area contributed by atoms with E-state index in [4.69, 9.17) is 9.47 Å². The first-order chi connectivity index (χ1) is 17.0. The molecule has 0 bridgehead atoms. The summed E-state index contributed by atoms with van der Waals surface area (Å²) in [5.74, 6) is 4.30. The van der Waals surface area contributed by atoms with Gasteiger partial charge in [0.25, 0.3) is 0 Å². The zero-order chi connectivity index (χ0) is 26.3. The SMILES string of the molecule is CC(C)OC(=O)[C@H]1CCC[C@H](Oc2ccc(C#CCCC(=O)N(C)C3CCCC3)nc2C(F)(F)F)C1. The van der Waals surface area contributed by atoms with Crippen LogP contribution >= 0.6 is 0 Å². The lowest BCUT2D eigenvalue weighted by Crippen LogP contribution is -2.34. The third-order valence-electron chi connectivity index (χ3n) is 6.68. The van der Waals surface area contributed by atoms with Gasteiger partial charge in [0, 0.05) is 25.9 Å². The molecule has 1 aromatic rings. The molecule has 0 saturated heterocycles. The summed E-state index contributed by atoms with van der Waals surface area (Å²) in [5, 5.41) is 0. The molecule has 0 N–H and O–H groups in total. The molecule has 0 unspecified atom stereocenters. The molecule has 2 aliphatic carbocycles. The van der Waals surface area contributed by atoms with Crippen molar-refractivity contribution in [3.8, 4) is 17.6 Å². The van der Waals surface area contributed by atoms with Crippen LogP contribution < -0.4 is 4.74 Å². The van der Waals surface area contributed by atoms with Crippen molar-refractivity contribution >= 4 is 11.9 Å². The van der Waals surface area contributed by atoms with Crippen molar-refractivity contribution in [1.82, 2.24) is 9.88 Å². The van der Waals surface area contributed by atoms with Gasteiger partial charge in [-0.2, -0.15) is 13.2 Å². The number of rotatable bonds is 7. The van der Waals surface area contributed by atoms with Crippen LogP contribution in [0, 0.1) is 17.8 Å². The maximum atomic E-state index is 13.7. The molecule has 2 fully saturated rings. The largest absolute Gasteiger partial charge is 0.488 e. The standard InChI is InChI=1S/C27H35F3N2O4/c1-18(2)35-26(34)19-9-8-13-22(17-19)36-23-16-15-20(31-25(23)27(28,29)30)10-4-7-14-24(33)32(3)21-11-5-6-12-21/h15-16,18-19,21-22H,5-9,11-14,17H2,1-3H3/t19-,22-/m0/s1. The molecule has 2 aliphatic rings. The summed E-state index contributed by atoms with van der Waals surface area (Å²) in [6.45, 7) is 3.51. The van der Waals surface area contributed by atoms with E-state index >= 15 is 0 Å². The van der Waals surface area contributed by atoms with Crippen LogP contribution in [-0.4, -0.2) is 47.1 Å². The average molecular weight is 509 g/mol. The molecule has 1 aromatic heterocycles. The van der Waals surface area contributed by atoms with E-state index in [9.17, 15) is 22.8 Å². The highest BCUT2D eigenvalue weighted by Gasteiger charge is 2.38. The van der Waals surface area contributed by atoms with Crippen LogP contribution in [0.2, 0.25) is 0 Å². The molecular formula is C27H35F3N2O4. The fraction of sp³-hybridized carbons (Fsp3) is 0.667. The van der Waals surface area contributed by atoms with Gasteiger partial charge in [-0.1, -0.05) is 18.8 Å². The topological polar surface area (TPSA) is 68.7 Å². The molecule has 3 rings (SSSR count). The first kappa shape index (κ1) is 27.8. The molecular weight excluding hydrogens is 473 g/mol. The zero-order valence-electron chi connectivity index (χ0n) is 21.2. The molecule has 0 radical (unpaired) electrons. The second-order valence-corrected chi connectivity index (χ2v) is 9.87. The van der Waals surface area contributed by atoms with E-state index in [1.807, 2.05) is 0 Å². The molecule has 1 amide bonds. The van der Waals surface area contributed by atoms with Crippen LogP contribution in [0.3, 0.4) is 0 Å². The monoisotopic (exact) mass is 508 g/mol. The molecule has 36 heavy (non-hydrogen) atoms. The highest BCUT2D eigenvalue weighted by molar-refractivity contribution is 5.76. The number of hydrogen-bond acceptors (Lipinski definition) is 5. The maximum absolute atomic E-state index is 13.7. The lowest BCUT2D eigenvalue weighted by atomic mass is 9.87. The number of carbonyl (C=O) groups is 2. The van der Waals surface area contributed by atoms with Gasteiger partial charge in [0.05, 0.1) is 18.1 Å². The van der Waals surface area contributed by atoms with Crippen molar-refractivity contribution in [1.29, 1.82) is 0 Å². The van der Waals surface area contributed by atoms with E-state index in [1.54, 1.807) is 25.8 Å². The van der Waals surface area contributed by atoms with E-state index < -0.39 is 23.9 Å². The van der Waals surface area contributed by atoms with E-state index in [-0.39, 0.29) is 48.3 Å². The summed E-state index contributed by atoms with van der Waals surface area (Å²) in [4.78, 5) is 30.0. The number of esters is 1. The number of ether oxygens (including phenoxy) is 2. The molecule has 0 aromatic carbocycles. The number of pyridine rings is 1.